The normalized spacial score (nSPS) is 12.1. The summed E-state index contributed by atoms with van der Waals surface area (Å²) in [7, 11) is 0. The maximum atomic E-state index is 14.8. The molecule has 0 saturated heterocycles. The first kappa shape index (κ1) is 20.1. The molecule has 0 saturated carbocycles. The topological polar surface area (TPSA) is 12.9 Å². The molecule has 0 N–H and O–H groups in total. The Morgan fingerprint density at radius 2 is 1.39 bits per heavy atom. The number of rotatable bonds is 2. The van der Waals surface area contributed by atoms with Crippen molar-refractivity contribution < 1.29 is 13.2 Å². The van der Waals surface area contributed by atoms with Gasteiger partial charge in [-0.1, -0.05) is 41.4 Å². The van der Waals surface area contributed by atoms with E-state index in [4.69, 9.17) is 23.2 Å². The van der Waals surface area contributed by atoms with Gasteiger partial charge in [-0.2, -0.15) is 0 Å². The third-order valence-electron chi connectivity index (χ3n) is 5.64. The number of benzene rings is 3. The first-order chi connectivity index (χ1) is 14.8. The molecule has 154 valence electrons. The Bertz CT molecular complexity index is 1340. The minimum atomic E-state index is -0.997. The molecular formula is C25H14Cl2F3N. The van der Waals surface area contributed by atoms with Crippen LogP contribution in [0.2, 0.25) is 10.2 Å². The summed E-state index contributed by atoms with van der Waals surface area (Å²) < 4.78 is 43.2. The lowest BCUT2D eigenvalue weighted by Gasteiger charge is -2.18. The Morgan fingerprint density at radius 3 is 2.03 bits per heavy atom. The molecule has 0 bridgehead atoms. The summed E-state index contributed by atoms with van der Waals surface area (Å²) in [5.41, 5.74) is 5.99. The van der Waals surface area contributed by atoms with E-state index >= 15 is 0 Å². The third-order valence-corrected chi connectivity index (χ3v) is 6.18. The molecule has 0 radical (unpaired) electrons. The van der Waals surface area contributed by atoms with Crippen LogP contribution in [-0.2, 0) is 6.42 Å². The van der Waals surface area contributed by atoms with E-state index in [2.05, 4.69) is 4.98 Å². The number of nitrogens with zero attached hydrogens (tertiary/aromatic N) is 1. The smallest absolute Gasteiger partial charge is 0.136 e. The Hall–Kier alpha value is -2.82. The van der Waals surface area contributed by atoms with Gasteiger partial charge in [0.2, 0.25) is 0 Å². The molecule has 0 amide bonds. The molecule has 1 aliphatic rings. The van der Waals surface area contributed by atoms with Gasteiger partial charge < -0.3 is 0 Å². The van der Waals surface area contributed by atoms with Crippen LogP contribution >= 0.6 is 23.2 Å². The molecule has 0 atom stereocenters. The molecule has 31 heavy (non-hydrogen) atoms. The lowest BCUT2D eigenvalue weighted by atomic mass is 9.87. The van der Waals surface area contributed by atoms with Crippen molar-refractivity contribution in [1.29, 1.82) is 0 Å². The quantitative estimate of drug-likeness (QED) is 0.245. The van der Waals surface area contributed by atoms with Crippen molar-refractivity contribution in [2.75, 3.05) is 0 Å². The van der Waals surface area contributed by atoms with Gasteiger partial charge in [0.15, 0.2) is 0 Å². The Labute approximate surface area is 187 Å². The Balaban J connectivity index is 1.88. The molecule has 6 heteroatoms. The first-order valence-electron chi connectivity index (χ1n) is 9.56. The van der Waals surface area contributed by atoms with E-state index in [0.717, 1.165) is 33.4 Å². The largest absolute Gasteiger partial charge is 0.244 e. The van der Waals surface area contributed by atoms with E-state index in [0.29, 0.717) is 29.3 Å². The van der Waals surface area contributed by atoms with Gasteiger partial charge >= 0.3 is 0 Å². The van der Waals surface area contributed by atoms with Gasteiger partial charge in [0, 0.05) is 34.5 Å². The predicted octanol–water partition coefficient (Wildman–Crippen LogP) is 8.02. The van der Waals surface area contributed by atoms with Crippen LogP contribution in [0.3, 0.4) is 0 Å². The second-order valence-electron chi connectivity index (χ2n) is 7.54. The average molecular weight is 456 g/mol. The number of pyridine rings is 1. The summed E-state index contributed by atoms with van der Waals surface area (Å²) in [5, 5.41) is 0.561. The van der Waals surface area contributed by atoms with Gasteiger partial charge in [-0.25, -0.2) is 18.2 Å². The van der Waals surface area contributed by atoms with Crippen molar-refractivity contribution in [2.24, 2.45) is 0 Å². The first-order valence-corrected chi connectivity index (χ1v) is 10.3. The number of halogens is 5. The number of hydrogen-bond donors (Lipinski definition) is 0. The van der Waals surface area contributed by atoms with E-state index in [-0.39, 0.29) is 16.1 Å². The maximum absolute atomic E-state index is 14.8. The molecular weight excluding hydrogens is 442 g/mol. The molecule has 0 spiro atoms. The molecule has 1 nitrogen and oxygen atoms in total. The Kier molecular flexibility index (Phi) is 4.80. The van der Waals surface area contributed by atoms with E-state index in [1.54, 1.807) is 18.3 Å². The van der Waals surface area contributed by atoms with Crippen molar-refractivity contribution in [3.63, 3.8) is 0 Å². The highest BCUT2D eigenvalue weighted by Gasteiger charge is 2.30. The lowest BCUT2D eigenvalue weighted by Crippen LogP contribution is -1.97. The SMILES string of the molecule is Cc1ccc2c(c1-c1ccc(Cl)nc1)-c1c(ccc(Cl)c1-c1c(F)cc(F)cc1F)C2. The van der Waals surface area contributed by atoms with Gasteiger partial charge in [0.1, 0.15) is 22.6 Å². The molecule has 1 aliphatic carbocycles. The van der Waals surface area contributed by atoms with Crippen molar-refractivity contribution in [3.05, 3.63) is 99.0 Å². The van der Waals surface area contributed by atoms with Crippen LogP contribution in [0.15, 0.2) is 54.7 Å². The fraction of sp³-hybridized carbons (Fsp3) is 0.0800. The number of aryl methyl sites for hydroxylation is 1. The minimum Gasteiger partial charge on any atom is -0.244 e. The average Bonchev–Trinajstić information content (AvgIpc) is 3.08. The highest BCUT2D eigenvalue weighted by Crippen LogP contribution is 2.51. The monoisotopic (exact) mass is 455 g/mol. The zero-order chi connectivity index (χ0) is 21.9. The molecule has 1 aromatic heterocycles. The Morgan fingerprint density at radius 1 is 0.742 bits per heavy atom. The minimum absolute atomic E-state index is 0.192. The van der Waals surface area contributed by atoms with Crippen molar-refractivity contribution in [1.82, 2.24) is 4.98 Å². The maximum Gasteiger partial charge on any atom is 0.136 e. The summed E-state index contributed by atoms with van der Waals surface area (Å²) in [6.07, 6.45) is 2.26. The summed E-state index contributed by atoms with van der Waals surface area (Å²) in [6.45, 7) is 1.96. The van der Waals surface area contributed by atoms with Crippen LogP contribution in [-0.4, -0.2) is 4.98 Å². The highest BCUT2D eigenvalue weighted by atomic mass is 35.5. The zero-order valence-corrected chi connectivity index (χ0v) is 17.8. The fourth-order valence-electron chi connectivity index (χ4n) is 4.36. The van der Waals surface area contributed by atoms with E-state index in [1.165, 1.54) is 0 Å². The van der Waals surface area contributed by atoms with Gasteiger partial charge in [-0.05, 0) is 64.9 Å². The third kappa shape index (κ3) is 3.22. The highest BCUT2D eigenvalue weighted by molar-refractivity contribution is 6.34. The van der Waals surface area contributed by atoms with Crippen LogP contribution < -0.4 is 0 Å². The molecule has 0 aliphatic heterocycles. The van der Waals surface area contributed by atoms with Gasteiger partial charge in [0.25, 0.3) is 0 Å². The zero-order valence-electron chi connectivity index (χ0n) is 16.2. The number of aromatic nitrogens is 1. The second-order valence-corrected chi connectivity index (χ2v) is 8.33. The van der Waals surface area contributed by atoms with Gasteiger partial charge in [-0.15, -0.1) is 0 Å². The molecule has 5 rings (SSSR count). The van der Waals surface area contributed by atoms with E-state index in [1.807, 2.05) is 31.2 Å². The number of hydrogen-bond acceptors (Lipinski definition) is 1. The van der Waals surface area contributed by atoms with Crippen molar-refractivity contribution in [2.45, 2.75) is 13.3 Å². The van der Waals surface area contributed by atoms with E-state index < -0.39 is 17.5 Å². The molecule has 1 heterocycles. The molecule has 3 aromatic carbocycles. The van der Waals surface area contributed by atoms with Crippen molar-refractivity contribution >= 4 is 23.2 Å². The van der Waals surface area contributed by atoms with Crippen molar-refractivity contribution in [3.8, 4) is 33.4 Å². The standard InChI is InChI=1S/C25H14Cl2F3N/c1-12-2-3-13-8-14-4-6-17(26)24(25-18(29)9-16(28)10-19(25)30)23(14)22(13)21(12)15-5-7-20(27)31-11-15/h2-7,9-11H,8H2,1H3. The molecule has 0 fully saturated rings. The lowest BCUT2D eigenvalue weighted by molar-refractivity contribution is 0.548. The summed E-state index contributed by atoms with van der Waals surface area (Å²) in [6, 6.07) is 12.4. The summed E-state index contributed by atoms with van der Waals surface area (Å²) in [4.78, 5) is 4.19. The summed E-state index contributed by atoms with van der Waals surface area (Å²) in [5.74, 6) is -2.97. The summed E-state index contributed by atoms with van der Waals surface area (Å²) >= 11 is 12.5. The van der Waals surface area contributed by atoms with Crippen LogP contribution in [0, 0.1) is 24.4 Å². The van der Waals surface area contributed by atoms with E-state index in [9.17, 15) is 13.2 Å². The molecule has 4 aromatic rings. The van der Waals surface area contributed by atoms with Crippen LogP contribution in [0.25, 0.3) is 33.4 Å². The number of fused-ring (bicyclic) bond motifs is 3. The second kappa shape index (κ2) is 7.40. The van der Waals surface area contributed by atoms with Crippen LogP contribution in [0.1, 0.15) is 16.7 Å². The van der Waals surface area contributed by atoms with Gasteiger partial charge in [-0.3, -0.25) is 0 Å². The fourth-order valence-corrected chi connectivity index (χ4v) is 4.73. The predicted molar refractivity (Wildman–Crippen MR) is 118 cm³/mol. The van der Waals surface area contributed by atoms with Crippen LogP contribution in [0.5, 0.6) is 0 Å². The van der Waals surface area contributed by atoms with Gasteiger partial charge in [0.05, 0.1) is 5.56 Å². The molecule has 0 unspecified atom stereocenters. The van der Waals surface area contributed by atoms with Crippen LogP contribution in [0.4, 0.5) is 13.2 Å².